The van der Waals surface area contributed by atoms with Crippen LogP contribution in [-0.2, 0) is 4.79 Å². The lowest BCUT2D eigenvalue weighted by atomic mass is 9.89. The summed E-state index contributed by atoms with van der Waals surface area (Å²) in [5.41, 5.74) is 1.50. The number of fused-ring (bicyclic) bond motifs is 1. The van der Waals surface area contributed by atoms with Crippen LogP contribution in [0, 0.1) is 0 Å². The zero-order chi connectivity index (χ0) is 18.7. The second kappa shape index (κ2) is 7.42. The Kier molecular flexibility index (Phi) is 5.23. The summed E-state index contributed by atoms with van der Waals surface area (Å²) in [6.07, 6.45) is 3.99. The maximum atomic E-state index is 12.4. The molecule has 0 radical (unpaired) electrons. The molecule has 1 N–H and O–H groups in total. The molecule has 1 amide bonds. The molecule has 4 nitrogen and oxygen atoms in total. The lowest BCUT2D eigenvalue weighted by molar-refractivity contribution is -0.117. The van der Waals surface area contributed by atoms with Crippen LogP contribution in [0.4, 0.5) is 0 Å². The van der Waals surface area contributed by atoms with Crippen LogP contribution < -0.4 is 14.8 Å². The number of carbonyl (C=O) groups is 1. The molecule has 2 aromatic carbocycles. The van der Waals surface area contributed by atoms with Gasteiger partial charge in [-0.25, -0.2) is 0 Å². The minimum atomic E-state index is -0.378. The number of ether oxygens (including phenoxy) is 2. The van der Waals surface area contributed by atoms with Crippen LogP contribution in [0.25, 0.3) is 6.08 Å². The maximum absolute atomic E-state index is 12.4. The SMILES string of the molecule is COc1ccc2c(c1)OC(C)(C)C[C@H]2NC(=O)/C=C/c1ccc(Cl)cc1. The molecular weight excluding hydrogens is 350 g/mol. The summed E-state index contributed by atoms with van der Waals surface area (Å²) in [6.45, 7) is 4.02. The Balaban J connectivity index is 1.76. The predicted octanol–water partition coefficient (Wildman–Crippen LogP) is 4.78. The minimum Gasteiger partial charge on any atom is -0.497 e. The first-order valence-electron chi connectivity index (χ1n) is 8.47. The van der Waals surface area contributed by atoms with Crippen molar-refractivity contribution in [3.8, 4) is 11.5 Å². The number of amides is 1. The molecule has 5 heteroatoms. The van der Waals surface area contributed by atoms with Crippen LogP contribution in [0.1, 0.15) is 37.4 Å². The molecule has 0 bridgehead atoms. The van der Waals surface area contributed by atoms with Crippen molar-refractivity contribution < 1.29 is 14.3 Å². The Morgan fingerprint density at radius 1 is 1.27 bits per heavy atom. The Bertz CT molecular complexity index is 828. The standard InChI is InChI=1S/C21H22ClNO3/c1-21(2)13-18(17-10-9-16(25-3)12-19(17)26-21)23-20(24)11-6-14-4-7-15(22)8-5-14/h4-12,18H,13H2,1-3H3,(H,23,24)/b11-6+/t18-/m1/s1. The Morgan fingerprint density at radius 2 is 2.00 bits per heavy atom. The topological polar surface area (TPSA) is 47.6 Å². The molecule has 0 fully saturated rings. The third-order valence-electron chi connectivity index (χ3n) is 4.29. The number of methoxy groups -OCH3 is 1. The molecule has 1 atom stereocenters. The Labute approximate surface area is 158 Å². The van der Waals surface area contributed by atoms with Crippen molar-refractivity contribution in [3.05, 3.63) is 64.7 Å². The molecule has 0 saturated carbocycles. The second-order valence-electron chi connectivity index (χ2n) is 6.92. The highest BCUT2D eigenvalue weighted by Crippen LogP contribution is 2.41. The van der Waals surface area contributed by atoms with E-state index in [9.17, 15) is 4.79 Å². The van der Waals surface area contributed by atoms with E-state index in [2.05, 4.69) is 5.32 Å². The fourth-order valence-electron chi connectivity index (χ4n) is 3.05. The smallest absolute Gasteiger partial charge is 0.244 e. The molecule has 0 aliphatic carbocycles. The average Bonchev–Trinajstić information content (AvgIpc) is 2.59. The summed E-state index contributed by atoms with van der Waals surface area (Å²) in [5, 5.41) is 3.75. The number of nitrogens with one attached hydrogen (secondary N) is 1. The van der Waals surface area contributed by atoms with Gasteiger partial charge in [0.2, 0.25) is 5.91 Å². The highest BCUT2D eigenvalue weighted by atomic mass is 35.5. The molecule has 1 aliphatic heterocycles. The van der Waals surface area contributed by atoms with Crippen molar-refractivity contribution >= 4 is 23.6 Å². The van der Waals surface area contributed by atoms with Crippen molar-refractivity contribution in [3.63, 3.8) is 0 Å². The molecule has 0 unspecified atom stereocenters. The third kappa shape index (κ3) is 4.38. The highest BCUT2D eigenvalue weighted by Gasteiger charge is 2.34. The zero-order valence-electron chi connectivity index (χ0n) is 15.1. The Morgan fingerprint density at radius 3 is 2.69 bits per heavy atom. The summed E-state index contributed by atoms with van der Waals surface area (Å²) in [7, 11) is 1.62. The monoisotopic (exact) mass is 371 g/mol. The third-order valence-corrected chi connectivity index (χ3v) is 4.54. The van der Waals surface area contributed by atoms with Gasteiger partial charge in [-0.15, -0.1) is 0 Å². The van der Waals surface area contributed by atoms with Crippen LogP contribution in [0.15, 0.2) is 48.5 Å². The lowest BCUT2D eigenvalue weighted by Gasteiger charge is -2.37. The predicted molar refractivity (Wildman–Crippen MR) is 104 cm³/mol. The molecule has 0 aromatic heterocycles. The number of rotatable bonds is 4. The summed E-state index contributed by atoms with van der Waals surface area (Å²) in [6, 6.07) is 12.9. The first-order valence-corrected chi connectivity index (χ1v) is 8.85. The van der Waals surface area contributed by atoms with Gasteiger partial charge in [0.15, 0.2) is 0 Å². The van der Waals surface area contributed by atoms with E-state index in [1.807, 2.05) is 44.2 Å². The molecule has 3 rings (SSSR count). The van der Waals surface area contributed by atoms with Crippen LogP contribution in [0.3, 0.4) is 0 Å². The van der Waals surface area contributed by atoms with Crippen molar-refractivity contribution in [2.75, 3.05) is 7.11 Å². The molecule has 1 aliphatic rings. The maximum Gasteiger partial charge on any atom is 0.244 e. The van der Waals surface area contributed by atoms with Gasteiger partial charge in [-0.1, -0.05) is 23.7 Å². The Hall–Kier alpha value is -2.46. The number of hydrogen-bond donors (Lipinski definition) is 1. The van der Waals surface area contributed by atoms with E-state index >= 15 is 0 Å². The first kappa shape index (κ1) is 18.3. The minimum absolute atomic E-state index is 0.123. The van der Waals surface area contributed by atoms with E-state index in [1.165, 1.54) is 6.08 Å². The van der Waals surface area contributed by atoms with E-state index in [0.717, 1.165) is 22.6 Å². The average molecular weight is 372 g/mol. The first-order chi connectivity index (χ1) is 12.4. The zero-order valence-corrected chi connectivity index (χ0v) is 15.8. The molecular formula is C21H22ClNO3. The highest BCUT2D eigenvalue weighted by molar-refractivity contribution is 6.30. The van der Waals surface area contributed by atoms with Crippen molar-refractivity contribution in [2.45, 2.75) is 31.9 Å². The van der Waals surface area contributed by atoms with E-state index in [0.29, 0.717) is 11.4 Å². The molecule has 0 saturated heterocycles. The van der Waals surface area contributed by atoms with Gasteiger partial charge in [-0.3, -0.25) is 4.79 Å². The van der Waals surface area contributed by atoms with Crippen LogP contribution in [0.5, 0.6) is 11.5 Å². The van der Waals surface area contributed by atoms with Gasteiger partial charge >= 0.3 is 0 Å². The number of benzene rings is 2. The number of halogens is 1. The van der Waals surface area contributed by atoms with Gasteiger partial charge in [0.05, 0.1) is 13.2 Å². The van der Waals surface area contributed by atoms with Gasteiger partial charge in [-0.05, 0) is 49.8 Å². The fourth-order valence-corrected chi connectivity index (χ4v) is 3.18. The largest absolute Gasteiger partial charge is 0.497 e. The molecule has 0 spiro atoms. The summed E-state index contributed by atoms with van der Waals surface area (Å²) < 4.78 is 11.3. The fraction of sp³-hybridized carbons (Fsp3) is 0.286. The summed E-state index contributed by atoms with van der Waals surface area (Å²) in [4.78, 5) is 12.4. The van der Waals surface area contributed by atoms with E-state index in [-0.39, 0.29) is 17.6 Å². The van der Waals surface area contributed by atoms with Crippen molar-refractivity contribution in [2.24, 2.45) is 0 Å². The van der Waals surface area contributed by atoms with E-state index < -0.39 is 0 Å². The summed E-state index contributed by atoms with van der Waals surface area (Å²) >= 11 is 5.88. The van der Waals surface area contributed by atoms with Gasteiger partial charge in [-0.2, -0.15) is 0 Å². The van der Waals surface area contributed by atoms with Crippen LogP contribution in [0.2, 0.25) is 5.02 Å². The van der Waals surface area contributed by atoms with Gasteiger partial charge in [0, 0.05) is 29.1 Å². The molecule has 1 heterocycles. The second-order valence-corrected chi connectivity index (χ2v) is 7.35. The molecule has 2 aromatic rings. The van der Waals surface area contributed by atoms with Gasteiger partial charge < -0.3 is 14.8 Å². The van der Waals surface area contributed by atoms with E-state index in [1.54, 1.807) is 25.3 Å². The summed E-state index contributed by atoms with van der Waals surface area (Å²) in [5.74, 6) is 1.33. The lowest BCUT2D eigenvalue weighted by Crippen LogP contribution is -2.40. The van der Waals surface area contributed by atoms with E-state index in [4.69, 9.17) is 21.1 Å². The van der Waals surface area contributed by atoms with Crippen LogP contribution in [-0.4, -0.2) is 18.6 Å². The number of hydrogen-bond acceptors (Lipinski definition) is 3. The number of carbonyl (C=O) groups excluding carboxylic acids is 1. The quantitative estimate of drug-likeness (QED) is 0.787. The van der Waals surface area contributed by atoms with Gasteiger partial charge in [0.1, 0.15) is 17.1 Å². The molecule has 26 heavy (non-hydrogen) atoms. The van der Waals surface area contributed by atoms with Crippen molar-refractivity contribution in [1.82, 2.24) is 5.32 Å². The van der Waals surface area contributed by atoms with Gasteiger partial charge in [0.25, 0.3) is 0 Å². The molecule has 136 valence electrons. The van der Waals surface area contributed by atoms with Crippen molar-refractivity contribution in [1.29, 1.82) is 0 Å². The normalized spacial score (nSPS) is 18.1. The van der Waals surface area contributed by atoms with Crippen LogP contribution >= 0.6 is 11.6 Å².